The number of carboxylic acid groups (broad SMARTS) is 1. The molecular weight excluding hydrogens is 340 g/mol. The Kier molecular flexibility index (Phi) is 8.60. The Morgan fingerprint density at radius 2 is 1.88 bits per heavy atom. The molecule has 140 valence electrons. The van der Waals surface area contributed by atoms with Crippen molar-refractivity contribution in [3.05, 3.63) is 0 Å². The Balaban J connectivity index is 2.63. The Morgan fingerprint density at radius 1 is 1.25 bits per heavy atom. The van der Waals surface area contributed by atoms with E-state index in [1.165, 1.54) is 16.3 Å². The lowest BCUT2D eigenvalue weighted by atomic mass is 10.0. The number of hydrogen-bond acceptors (Lipinski definition) is 6. The number of carbonyl (C=O) groups is 2. The van der Waals surface area contributed by atoms with Gasteiger partial charge < -0.3 is 19.5 Å². The van der Waals surface area contributed by atoms with E-state index < -0.39 is 28.4 Å². The van der Waals surface area contributed by atoms with Crippen LogP contribution < -0.4 is 0 Å². The molecule has 0 atom stereocenters. The lowest BCUT2D eigenvalue weighted by Gasteiger charge is -2.37. The zero-order chi connectivity index (χ0) is 18.2. The zero-order valence-electron chi connectivity index (χ0n) is 14.1. The Hall–Kier alpha value is -1.23. The van der Waals surface area contributed by atoms with Crippen LogP contribution in [0.5, 0.6) is 0 Å². The number of piperidine rings is 1. The molecule has 10 heteroatoms. The van der Waals surface area contributed by atoms with E-state index in [1.54, 1.807) is 6.92 Å². The topological polar surface area (TPSA) is 113 Å². The minimum atomic E-state index is -3.26. The van der Waals surface area contributed by atoms with Crippen molar-refractivity contribution in [2.45, 2.75) is 25.8 Å². The maximum absolute atomic E-state index is 12.2. The normalized spacial score (nSPS) is 16.9. The summed E-state index contributed by atoms with van der Waals surface area (Å²) in [6, 6.07) is -0.303. The van der Waals surface area contributed by atoms with E-state index in [9.17, 15) is 18.0 Å². The van der Waals surface area contributed by atoms with E-state index in [2.05, 4.69) is 0 Å². The van der Waals surface area contributed by atoms with Gasteiger partial charge in [0.1, 0.15) is 13.2 Å². The minimum absolute atomic E-state index is 0.0305. The first-order valence-corrected chi connectivity index (χ1v) is 9.48. The Bertz CT molecular complexity index is 515. The molecule has 0 aromatic rings. The second-order valence-corrected chi connectivity index (χ2v) is 7.75. The molecule has 1 heterocycles. The summed E-state index contributed by atoms with van der Waals surface area (Å²) < 4.78 is 35.1. The van der Waals surface area contributed by atoms with Crippen LogP contribution in [0.4, 0.5) is 0 Å². The Labute approximate surface area is 142 Å². The number of amides is 1. The number of carboxylic acids is 1. The highest BCUT2D eigenvalue weighted by molar-refractivity contribution is 7.89. The third-order valence-electron chi connectivity index (χ3n) is 3.91. The molecule has 0 unspecified atom stereocenters. The van der Waals surface area contributed by atoms with Gasteiger partial charge in [-0.15, -0.1) is 0 Å². The third-order valence-corrected chi connectivity index (χ3v) is 5.79. The van der Waals surface area contributed by atoms with Gasteiger partial charge in [0.15, 0.2) is 0 Å². The van der Waals surface area contributed by atoms with Gasteiger partial charge in [-0.05, 0) is 19.8 Å². The second kappa shape index (κ2) is 9.92. The van der Waals surface area contributed by atoms with Crippen LogP contribution in [0.25, 0.3) is 0 Å². The molecule has 0 aromatic heterocycles. The number of methoxy groups -OCH3 is 1. The van der Waals surface area contributed by atoms with Crippen molar-refractivity contribution in [1.29, 1.82) is 0 Å². The van der Waals surface area contributed by atoms with Crippen LogP contribution in [0.15, 0.2) is 0 Å². The van der Waals surface area contributed by atoms with Crippen molar-refractivity contribution < 1.29 is 32.6 Å². The molecule has 0 aromatic carbocycles. The highest BCUT2D eigenvalue weighted by Crippen LogP contribution is 2.19. The molecule has 0 saturated carbocycles. The van der Waals surface area contributed by atoms with Gasteiger partial charge in [0.25, 0.3) is 0 Å². The number of carbonyl (C=O) groups excluding carboxylic acids is 1. The maximum Gasteiger partial charge on any atom is 0.323 e. The molecule has 24 heavy (non-hydrogen) atoms. The van der Waals surface area contributed by atoms with E-state index >= 15 is 0 Å². The first kappa shape index (κ1) is 20.8. The Morgan fingerprint density at radius 3 is 2.38 bits per heavy atom. The number of nitrogens with zero attached hydrogens (tertiary/aromatic N) is 2. The van der Waals surface area contributed by atoms with Crippen molar-refractivity contribution in [3.63, 3.8) is 0 Å². The number of ether oxygens (including phenoxy) is 2. The van der Waals surface area contributed by atoms with Crippen LogP contribution in [0, 0.1) is 0 Å². The first-order valence-electron chi connectivity index (χ1n) is 7.87. The minimum Gasteiger partial charge on any atom is -0.480 e. The summed E-state index contributed by atoms with van der Waals surface area (Å²) in [7, 11) is -1.75. The lowest BCUT2D eigenvalue weighted by Crippen LogP contribution is -2.51. The summed E-state index contributed by atoms with van der Waals surface area (Å²) in [6.45, 7) is 2.11. The van der Waals surface area contributed by atoms with E-state index in [4.69, 9.17) is 14.6 Å². The van der Waals surface area contributed by atoms with Gasteiger partial charge in [0, 0.05) is 26.2 Å². The van der Waals surface area contributed by atoms with Gasteiger partial charge in [-0.25, -0.2) is 12.7 Å². The molecule has 1 saturated heterocycles. The van der Waals surface area contributed by atoms with Crippen LogP contribution in [0.1, 0.15) is 19.8 Å². The summed E-state index contributed by atoms with van der Waals surface area (Å²) in [6.07, 6.45) is 0.826. The van der Waals surface area contributed by atoms with Crippen molar-refractivity contribution in [1.82, 2.24) is 9.21 Å². The standard InChI is InChI=1S/C14H26N2O7S/c1-3-24(20,21)15-6-4-12(5-7-15)16(10-14(18)19)13(17)11-23-9-8-22-2/h12H,3-11H2,1-2H3,(H,18,19). The molecule has 0 aliphatic carbocycles. The molecular formula is C14H26N2O7S. The molecule has 1 aliphatic rings. The van der Waals surface area contributed by atoms with Crippen LogP contribution in [-0.2, 0) is 29.1 Å². The predicted molar refractivity (Wildman–Crippen MR) is 86.1 cm³/mol. The third kappa shape index (κ3) is 6.34. The second-order valence-electron chi connectivity index (χ2n) is 5.49. The highest BCUT2D eigenvalue weighted by Gasteiger charge is 2.32. The maximum atomic E-state index is 12.2. The largest absolute Gasteiger partial charge is 0.480 e. The van der Waals surface area contributed by atoms with E-state index in [-0.39, 0.29) is 38.1 Å². The fourth-order valence-corrected chi connectivity index (χ4v) is 3.70. The lowest BCUT2D eigenvalue weighted by molar-refractivity contribution is -0.149. The molecule has 0 spiro atoms. The van der Waals surface area contributed by atoms with Crippen LogP contribution >= 0.6 is 0 Å². The molecule has 1 N–H and O–H groups in total. The van der Waals surface area contributed by atoms with Gasteiger partial charge in [0.2, 0.25) is 15.9 Å². The van der Waals surface area contributed by atoms with E-state index in [1.807, 2.05) is 0 Å². The average Bonchev–Trinajstić information content (AvgIpc) is 2.56. The zero-order valence-corrected chi connectivity index (χ0v) is 15.0. The van der Waals surface area contributed by atoms with Crippen molar-refractivity contribution >= 4 is 21.9 Å². The fourth-order valence-electron chi connectivity index (χ4n) is 2.57. The van der Waals surface area contributed by atoms with Gasteiger partial charge in [0.05, 0.1) is 19.0 Å². The number of hydrogen-bond donors (Lipinski definition) is 1. The molecule has 0 bridgehead atoms. The molecule has 0 radical (unpaired) electrons. The fraction of sp³-hybridized carbons (Fsp3) is 0.857. The molecule has 1 fully saturated rings. The van der Waals surface area contributed by atoms with Crippen LogP contribution in [0.2, 0.25) is 0 Å². The predicted octanol–water partition coefficient (Wildman–Crippen LogP) is -0.623. The SMILES string of the molecule is CCS(=O)(=O)N1CCC(N(CC(=O)O)C(=O)COCCOC)CC1. The van der Waals surface area contributed by atoms with Gasteiger partial charge in [-0.1, -0.05) is 0 Å². The molecule has 1 rings (SSSR count). The molecule has 9 nitrogen and oxygen atoms in total. The van der Waals surface area contributed by atoms with Crippen LogP contribution in [0.3, 0.4) is 0 Å². The van der Waals surface area contributed by atoms with E-state index in [0.717, 1.165) is 0 Å². The first-order chi connectivity index (χ1) is 11.3. The smallest absolute Gasteiger partial charge is 0.323 e. The van der Waals surface area contributed by atoms with Gasteiger partial charge in [-0.3, -0.25) is 9.59 Å². The molecule has 1 amide bonds. The number of aliphatic carboxylic acids is 1. The van der Waals surface area contributed by atoms with Crippen molar-refractivity contribution in [2.75, 3.05) is 52.3 Å². The average molecular weight is 366 g/mol. The number of sulfonamides is 1. The quantitative estimate of drug-likeness (QED) is 0.512. The van der Waals surface area contributed by atoms with Crippen molar-refractivity contribution in [2.24, 2.45) is 0 Å². The van der Waals surface area contributed by atoms with Gasteiger partial charge >= 0.3 is 5.97 Å². The van der Waals surface area contributed by atoms with Crippen molar-refractivity contribution in [3.8, 4) is 0 Å². The summed E-state index contributed by atoms with van der Waals surface area (Å²) in [5, 5.41) is 9.03. The summed E-state index contributed by atoms with van der Waals surface area (Å²) in [5.74, 6) is -1.49. The van der Waals surface area contributed by atoms with Gasteiger partial charge in [-0.2, -0.15) is 0 Å². The number of rotatable bonds is 10. The summed E-state index contributed by atoms with van der Waals surface area (Å²) in [5.41, 5.74) is 0. The monoisotopic (exact) mass is 366 g/mol. The summed E-state index contributed by atoms with van der Waals surface area (Å²) >= 11 is 0. The van der Waals surface area contributed by atoms with Crippen LogP contribution in [-0.4, -0.2) is 93.0 Å². The highest BCUT2D eigenvalue weighted by atomic mass is 32.2. The molecule has 1 aliphatic heterocycles. The van der Waals surface area contributed by atoms with E-state index in [0.29, 0.717) is 19.4 Å². The summed E-state index contributed by atoms with van der Waals surface area (Å²) in [4.78, 5) is 24.6.